The van der Waals surface area contributed by atoms with E-state index in [9.17, 15) is 19.3 Å². The maximum absolute atomic E-state index is 16.9. The van der Waals surface area contributed by atoms with Crippen molar-refractivity contribution >= 4 is 27.6 Å². The van der Waals surface area contributed by atoms with E-state index >= 15 is 4.39 Å². The lowest BCUT2D eigenvalue weighted by atomic mass is 9.69. The monoisotopic (exact) mass is 627 g/mol. The fraction of sp³-hybridized carbons (Fsp3) is 0.485. The minimum absolute atomic E-state index is 0.00447. The van der Waals surface area contributed by atoms with Gasteiger partial charge in [0.05, 0.1) is 18.2 Å². The molecule has 4 fully saturated rings. The fourth-order valence-corrected chi connectivity index (χ4v) is 7.85. The molecule has 2 aromatic carbocycles. The summed E-state index contributed by atoms with van der Waals surface area (Å²) >= 11 is 0. The van der Waals surface area contributed by atoms with Crippen LogP contribution in [0.1, 0.15) is 49.8 Å². The van der Waals surface area contributed by atoms with Gasteiger partial charge < -0.3 is 15.0 Å². The number of fused-ring (bicyclic) bond motifs is 4. The Morgan fingerprint density at radius 3 is 2.52 bits per heavy atom. The number of piperazine rings is 1. The first kappa shape index (κ1) is 29.0. The summed E-state index contributed by atoms with van der Waals surface area (Å²) in [6.07, 6.45) is 4.74. The molecule has 2 bridgehead atoms. The Hall–Kier alpha value is -4.46. The second-order valence-corrected chi connectivity index (χ2v) is 13.3. The van der Waals surface area contributed by atoms with Crippen LogP contribution in [0.2, 0.25) is 0 Å². The second-order valence-electron chi connectivity index (χ2n) is 13.3. The number of aromatic nitrogens is 4. The first-order chi connectivity index (χ1) is 22.3. The standard InChI is InChI=1S/C33H32F3N9O/c34-19-6-9-44(13-19)16-33(7-1-8-33)17-46-32-40-29-23(31(41-32)45-14-20-2-3-21(15-45)39-20)10-18(11-37)26(28(29)36)22-4-5-24(35)30-27(22)25(12-38)42-43-30/h4-5,10,19-21,39H,1-3,6-9,13-17H2,(H,42,43)/t19-,20?,21?/m1/s1. The van der Waals surface area contributed by atoms with Crippen molar-refractivity contribution < 1.29 is 17.9 Å². The minimum atomic E-state index is -0.803. The molecule has 2 N–H and O–H groups in total. The van der Waals surface area contributed by atoms with E-state index in [0.717, 1.165) is 51.3 Å². The van der Waals surface area contributed by atoms with Gasteiger partial charge in [-0.05, 0) is 49.8 Å². The Kier molecular flexibility index (Phi) is 7.00. The van der Waals surface area contributed by atoms with Gasteiger partial charge in [-0.2, -0.15) is 25.6 Å². The maximum atomic E-state index is 16.9. The molecule has 13 heteroatoms. The summed E-state index contributed by atoms with van der Waals surface area (Å²) in [7, 11) is 0. The first-order valence-corrected chi connectivity index (χ1v) is 15.9. The van der Waals surface area contributed by atoms with Gasteiger partial charge in [-0.15, -0.1) is 0 Å². The third-order valence-electron chi connectivity index (χ3n) is 10.3. The Morgan fingerprint density at radius 1 is 1.04 bits per heavy atom. The average Bonchev–Trinajstić information content (AvgIpc) is 3.76. The first-order valence-electron chi connectivity index (χ1n) is 15.9. The number of hydrogen-bond acceptors (Lipinski definition) is 9. The number of anilines is 1. The van der Waals surface area contributed by atoms with Crippen LogP contribution in [0.3, 0.4) is 0 Å². The van der Waals surface area contributed by atoms with Gasteiger partial charge in [-0.25, -0.2) is 13.2 Å². The molecule has 4 aliphatic rings. The van der Waals surface area contributed by atoms with Gasteiger partial charge in [0.25, 0.3) is 0 Å². The number of aromatic amines is 1. The maximum Gasteiger partial charge on any atom is 0.319 e. The number of likely N-dealkylation sites (tertiary alicyclic amines) is 1. The van der Waals surface area contributed by atoms with Crippen molar-refractivity contribution in [3.8, 4) is 29.3 Å². The van der Waals surface area contributed by atoms with E-state index in [4.69, 9.17) is 9.72 Å². The summed E-state index contributed by atoms with van der Waals surface area (Å²) < 4.78 is 51.9. The second kappa shape index (κ2) is 11.1. The molecule has 1 saturated carbocycles. The molecule has 0 spiro atoms. The fourth-order valence-electron chi connectivity index (χ4n) is 7.85. The molecule has 5 heterocycles. The number of rotatable bonds is 7. The molecule has 8 rings (SSSR count). The average molecular weight is 628 g/mol. The smallest absolute Gasteiger partial charge is 0.319 e. The zero-order valence-corrected chi connectivity index (χ0v) is 25.1. The number of alkyl halides is 1. The highest BCUT2D eigenvalue weighted by Crippen LogP contribution is 2.44. The molecule has 1 aliphatic carbocycles. The number of H-pyrrole nitrogens is 1. The highest BCUT2D eigenvalue weighted by molar-refractivity contribution is 6.03. The van der Waals surface area contributed by atoms with E-state index in [1.807, 2.05) is 6.07 Å². The van der Waals surface area contributed by atoms with Crippen molar-refractivity contribution in [3.63, 3.8) is 0 Å². The molecule has 2 aromatic heterocycles. The van der Waals surface area contributed by atoms with Gasteiger partial charge in [0.2, 0.25) is 0 Å². The number of halogens is 3. The van der Waals surface area contributed by atoms with Crippen LogP contribution in [0.5, 0.6) is 6.01 Å². The SMILES string of the molecule is N#Cc1cc2c(N3CC4CCC(C3)N4)nc(OCC3(CN4CC[C@@H](F)C4)CCC3)nc2c(F)c1-c1ccc(F)c2[nH]nc(C#N)c12. The Morgan fingerprint density at radius 2 is 1.85 bits per heavy atom. The number of nitrogens with one attached hydrogen (secondary N) is 2. The van der Waals surface area contributed by atoms with E-state index in [0.29, 0.717) is 43.9 Å². The largest absolute Gasteiger partial charge is 0.463 e. The topological polar surface area (TPSA) is 130 Å². The Bertz CT molecular complexity index is 1930. The molecule has 4 aromatic rings. The summed E-state index contributed by atoms with van der Waals surface area (Å²) in [4.78, 5) is 13.7. The number of ether oxygens (including phenoxy) is 1. The van der Waals surface area contributed by atoms with Crippen LogP contribution in [0.25, 0.3) is 32.9 Å². The van der Waals surface area contributed by atoms with Crippen molar-refractivity contribution in [1.29, 1.82) is 10.5 Å². The molecule has 236 valence electrons. The summed E-state index contributed by atoms with van der Waals surface area (Å²) in [5, 5.41) is 30.4. The van der Waals surface area contributed by atoms with Gasteiger partial charge in [-0.3, -0.25) is 10.00 Å². The lowest BCUT2D eigenvalue weighted by molar-refractivity contribution is 0.0196. The van der Waals surface area contributed by atoms with Crippen molar-refractivity contribution in [3.05, 3.63) is 41.1 Å². The lowest BCUT2D eigenvalue weighted by Gasteiger charge is -2.43. The number of benzene rings is 2. The van der Waals surface area contributed by atoms with Crippen LogP contribution in [0, 0.1) is 39.7 Å². The van der Waals surface area contributed by atoms with Gasteiger partial charge in [0, 0.05) is 66.6 Å². The quantitative estimate of drug-likeness (QED) is 0.299. The molecule has 2 unspecified atom stereocenters. The van der Waals surface area contributed by atoms with Crippen LogP contribution in [-0.2, 0) is 0 Å². The van der Waals surface area contributed by atoms with Gasteiger partial charge in [-0.1, -0.05) is 12.5 Å². The zero-order chi connectivity index (χ0) is 31.6. The highest BCUT2D eigenvalue weighted by Gasteiger charge is 2.41. The molecule has 0 amide bonds. The molecular weight excluding hydrogens is 595 g/mol. The Labute approximate surface area is 263 Å². The van der Waals surface area contributed by atoms with Crippen LogP contribution < -0.4 is 15.0 Å². The van der Waals surface area contributed by atoms with Gasteiger partial charge >= 0.3 is 6.01 Å². The van der Waals surface area contributed by atoms with Crippen LogP contribution in [0.4, 0.5) is 19.0 Å². The summed E-state index contributed by atoms with van der Waals surface area (Å²) in [6.45, 7) is 3.53. The minimum Gasteiger partial charge on any atom is -0.463 e. The number of nitrogens with zero attached hydrogens (tertiary/aromatic N) is 7. The predicted octanol–water partition coefficient (Wildman–Crippen LogP) is 4.73. The van der Waals surface area contributed by atoms with Crippen molar-refractivity contribution in [2.75, 3.05) is 44.2 Å². The van der Waals surface area contributed by atoms with Crippen LogP contribution >= 0.6 is 0 Å². The van der Waals surface area contributed by atoms with E-state index in [1.165, 1.54) is 6.07 Å². The van der Waals surface area contributed by atoms with Crippen LogP contribution in [-0.4, -0.2) is 82.7 Å². The predicted molar refractivity (Wildman–Crippen MR) is 164 cm³/mol. The molecule has 3 aliphatic heterocycles. The van der Waals surface area contributed by atoms with Crippen molar-refractivity contribution in [2.24, 2.45) is 5.41 Å². The van der Waals surface area contributed by atoms with E-state index in [2.05, 4.69) is 36.4 Å². The molecule has 10 nitrogen and oxygen atoms in total. The number of hydrogen-bond donors (Lipinski definition) is 2. The molecular formula is C33H32F3N9O. The van der Waals surface area contributed by atoms with Crippen molar-refractivity contribution in [2.45, 2.75) is 56.8 Å². The third-order valence-corrected chi connectivity index (χ3v) is 10.3. The van der Waals surface area contributed by atoms with E-state index in [1.54, 1.807) is 6.07 Å². The summed E-state index contributed by atoms with van der Waals surface area (Å²) in [5.74, 6) is -0.946. The summed E-state index contributed by atoms with van der Waals surface area (Å²) in [5.41, 5.74) is -0.278. The number of nitriles is 2. The van der Waals surface area contributed by atoms with E-state index < -0.39 is 17.8 Å². The van der Waals surface area contributed by atoms with Gasteiger partial charge in [0.15, 0.2) is 11.5 Å². The molecule has 0 radical (unpaired) electrons. The third kappa shape index (κ3) is 4.81. The molecule has 3 atom stereocenters. The zero-order valence-electron chi connectivity index (χ0n) is 25.1. The highest BCUT2D eigenvalue weighted by atomic mass is 19.1. The van der Waals surface area contributed by atoms with Crippen molar-refractivity contribution in [1.82, 2.24) is 30.4 Å². The Balaban J connectivity index is 1.25. The summed E-state index contributed by atoms with van der Waals surface area (Å²) in [6, 6.07) is 8.69. The lowest BCUT2D eigenvalue weighted by Crippen LogP contribution is -2.51. The molecule has 3 saturated heterocycles. The molecule has 46 heavy (non-hydrogen) atoms. The van der Waals surface area contributed by atoms with Crippen LogP contribution in [0.15, 0.2) is 18.2 Å². The normalized spacial score (nSPS) is 23.8. The van der Waals surface area contributed by atoms with Gasteiger partial charge in [0.1, 0.15) is 34.9 Å². The van der Waals surface area contributed by atoms with E-state index in [-0.39, 0.29) is 62.3 Å².